The van der Waals surface area contributed by atoms with Crippen molar-refractivity contribution in [2.45, 2.75) is 55.3 Å². The van der Waals surface area contributed by atoms with E-state index in [0.717, 1.165) is 16.4 Å². The predicted octanol–water partition coefficient (Wildman–Crippen LogP) is 3.83. The summed E-state index contributed by atoms with van der Waals surface area (Å²) >= 11 is 0. The van der Waals surface area contributed by atoms with E-state index in [1.54, 1.807) is 13.0 Å². The van der Waals surface area contributed by atoms with E-state index in [1.165, 1.54) is 24.3 Å². The maximum absolute atomic E-state index is 13.8. The molecular weight excluding hydrogens is 438 g/mol. The summed E-state index contributed by atoms with van der Waals surface area (Å²) in [7, 11) is -4.31. The normalized spacial score (nSPS) is 22.0. The van der Waals surface area contributed by atoms with Crippen molar-refractivity contribution in [2.24, 2.45) is 0 Å². The van der Waals surface area contributed by atoms with Crippen LogP contribution >= 0.6 is 0 Å². The number of benzene rings is 1. The average Bonchev–Trinajstić information content (AvgIpc) is 2.70. The fraction of sp³-hybridized carbons (Fsp3) is 0.400. The Labute approximate surface area is 176 Å². The minimum absolute atomic E-state index is 0.117. The summed E-state index contributed by atoms with van der Waals surface area (Å²) in [4.78, 5) is 3.67. The number of aryl methyl sites for hydroxylation is 1. The van der Waals surface area contributed by atoms with Gasteiger partial charge in [0.25, 0.3) is 10.0 Å². The van der Waals surface area contributed by atoms with Gasteiger partial charge in [0, 0.05) is 6.04 Å². The molecule has 1 aliphatic carbocycles. The molecule has 0 amide bonds. The first-order valence-corrected chi connectivity index (χ1v) is 10.8. The fourth-order valence-electron chi connectivity index (χ4n) is 3.63. The van der Waals surface area contributed by atoms with Crippen LogP contribution in [0.15, 0.2) is 41.3 Å². The lowest BCUT2D eigenvalue weighted by molar-refractivity contribution is -0.270. The molecule has 1 aromatic heterocycles. The van der Waals surface area contributed by atoms with E-state index in [4.69, 9.17) is 5.26 Å². The molecule has 0 aliphatic heterocycles. The lowest BCUT2D eigenvalue weighted by Crippen LogP contribution is -2.52. The number of nitriles is 1. The number of hydrogen-bond donors (Lipinski definition) is 1. The predicted molar refractivity (Wildman–Crippen MR) is 103 cm³/mol. The summed E-state index contributed by atoms with van der Waals surface area (Å²) in [5.74, 6) is -1.23. The standard InChI is InChI=1S/C20H19F4N3O3S/c1-13-3-2-4-15(11-13)31(29,30)27(18-6-5-16(21)17(12-25)26-18)14-7-9-19(28,10-8-14)20(22,23)24/h2-6,11,14,28H,7-10H2,1H3. The van der Waals surface area contributed by atoms with Crippen molar-refractivity contribution < 1.29 is 31.1 Å². The Morgan fingerprint density at radius 3 is 2.42 bits per heavy atom. The number of nitrogens with zero attached hydrogens (tertiary/aromatic N) is 3. The van der Waals surface area contributed by atoms with Gasteiger partial charge in [-0.1, -0.05) is 12.1 Å². The summed E-state index contributed by atoms with van der Waals surface area (Å²) in [6, 6.07) is 8.42. The van der Waals surface area contributed by atoms with Gasteiger partial charge >= 0.3 is 6.18 Å². The van der Waals surface area contributed by atoms with E-state index in [2.05, 4.69) is 4.98 Å². The minimum atomic E-state index is -4.85. The van der Waals surface area contributed by atoms with Gasteiger partial charge in [0.1, 0.15) is 11.9 Å². The molecule has 11 heteroatoms. The number of sulfonamides is 1. The maximum atomic E-state index is 13.8. The van der Waals surface area contributed by atoms with E-state index >= 15 is 0 Å². The quantitative estimate of drug-likeness (QED) is 0.705. The third-order valence-electron chi connectivity index (χ3n) is 5.35. The van der Waals surface area contributed by atoms with Crippen molar-refractivity contribution >= 4 is 15.8 Å². The van der Waals surface area contributed by atoms with Crippen molar-refractivity contribution in [1.29, 1.82) is 5.26 Å². The number of rotatable bonds is 4. The third-order valence-corrected chi connectivity index (χ3v) is 7.20. The largest absolute Gasteiger partial charge is 0.417 e. The molecule has 1 fully saturated rings. The van der Waals surface area contributed by atoms with E-state index in [0.29, 0.717) is 5.56 Å². The molecule has 0 atom stereocenters. The van der Waals surface area contributed by atoms with Gasteiger partial charge in [-0.25, -0.2) is 22.1 Å². The van der Waals surface area contributed by atoms with Crippen LogP contribution in [0.3, 0.4) is 0 Å². The topological polar surface area (TPSA) is 94.3 Å². The highest BCUT2D eigenvalue weighted by atomic mass is 32.2. The van der Waals surface area contributed by atoms with Crippen LogP contribution in [0, 0.1) is 24.1 Å². The van der Waals surface area contributed by atoms with Gasteiger partial charge in [-0.3, -0.25) is 0 Å². The summed E-state index contributed by atoms with van der Waals surface area (Å²) in [5.41, 5.74) is -2.90. The van der Waals surface area contributed by atoms with Crippen molar-refractivity contribution in [3.05, 3.63) is 53.5 Å². The Morgan fingerprint density at radius 1 is 1.23 bits per heavy atom. The molecule has 166 valence electrons. The number of hydrogen-bond acceptors (Lipinski definition) is 5. The van der Waals surface area contributed by atoms with Crippen LogP contribution in [0.1, 0.15) is 36.9 Å². The van der Waals surface area contributed by atoms with Crippen LogP contribution in [0.5, 0.6) is 0 Å². The number of alkyl halides is 3. The van der Waals surface area contributed by atoms with Crippen LogP contribution < -0.4 is 4.31 Å². The molecule has 1 aliphatic rings. The molecule has 3 rings (SSSR count). The summed E-state index contributed by atoms with van der Waals surface area (Å²) in [6.07, 6.45) is -6.86. The molecule has 31 heavy (non-hydrogen) atoms. The van der Waals surface area contributed by atoms with Crippen LogP contribution in [-0.2, 0) is 10.0 Å². The van der Waals surface area contributed by atoms with Crippen molar-refractivity contribution in [1.82, 2.24) is 4.98 Å². The monoisotopic (exact) mass is 457 g/mol. The molecule has 0 spiro atoms. The average molecular weight is 457 g/mol. The van der Waals surface area contributed by atoms with Crippen LogP contribution in [0.2, 0.25) is 0 Å². The smallest absolute Gasteiger partial charge is 0.380 e. The lowest BCUT2D eigenvalue weighted by Gasteiger charge is -2.41. The van der Waals surface area contributed by atoms with Gasteiger partial charge in [-0.15, -0.1) is 0 Å². The third kappa shape index (κ3) is 4.36. The summed E-state index contributed by atoms with van der Waals surface area (Å²) in [6.45, 7) is 1.68. The van der Waals surface area contributed by atoms with Crippen LogP contribution in [-0.4, -0.2) is 36.3 Å². The molecule has 1 aromatic carbocycles. The molecule has 1 saturated carbocycles. The van der Waals surface area contributed by atoms with Gasteiger partial charge in [0.05, 0.1) is 4.90 Å². The molecule has 6 nitrogen and oxygen atoms in total. The van der Waals surface area contributed by atoms with Gasteiger partial charge in [-0.2, -0.15) is 18.4 Å². The molecule has 1 heterocycles. The minimum Gasteiger partial charge on any atom is -0.380 e. The zero-order chi connectivity index (χ0) is 23.0. The van der Waals surface area contributed by atoms with E-state index in [-0.39, 0.29) is 23.6 Å². The highest BCUT2D eigenvalue weighted by Crippen LogP contribution is 2.43. The molecular formula is C20H19F4N3O3S. The van der Waals surface area contributed by atoms with Gasteiger partial charge in [0.2, 0.25) is 0 Å². The first kappa shape index (κ1) is 23.0. The Kier molecular flexibility index (Phi) is 5.99. The molecule has 0 unspecified atom stereocenters. The van der Waals surface area contributed by atoms with Gasteiger partial charge in [-0.05, 0) is 62.4 Å². The second kappa shape index (κ2) is 8.09. The second-order valence-corrected chi connectivity index (χ2v) is 9.30. The SMILES string of the molecule is Cc1cccc(S(=O)(=O)N(c2ccc(F)c(C#N)n2)C2CCC(O)(C(F)(F)F)CC2)c1. The number of halogens is 4. The zero-order valence-electron chi connectivity index (χ0n) is 16.4. The van der Waals surface area contributed by atoms with Crippen molar-refractivity contribution in [3.8, 4) is 6.07 Å². The Hall–Kier alpha value is -2.71. The maximum Gasteiger partial charge on any atom is 0.417 e. The highest BCUT2D eigenvalue weighted by molar-refractivity contribution is 7.92. The number of anilines is 1. The van der Waals surface area contributed by atoms with Crippen molar-refractivity contribution in [3.63, 3.8) is 0 Å². The van der Waals surface area contributed by atoms with Crippen LogP contribution in [0.25, 0.3) is 0 Å². The fourth-order valence-corrected chi connectivity index (χ4v) is 5.39. The first-order valence-electron chi connectivity index (χ1n) is 9.36. The molecule has 0 bridgehead atoms. The van der Waals surface area contributed by atoms with E-state index < -0.39 is 52.2 Å². The van der Waals surface area contributed by atoms with Crippen molar-refractivity contribution in [2.75, 3.05) is 4.31 Å². The molecule has 0 radical (unpaired) electrons. The first-order chi connectivity index (χ1) is 14.4. The molecule has 0 saturated heterocycles. The summed E-state index contributed by atoms with van der Waals surface area (Å²) in [5, 5.41) is 19.0. The van der Waals surface area contributed by atoms with Crippen LogP contribution in [0.4, 0.5) is 23.4 Å². The highest BCUT2D eigenvalue weighted by Gasteiger charge is 2.55. The zero-order valence-corrected chi connectivity index (χ0v) is 17.2. The summed E-state index contributed by atoms with van der Waals surface area (Å²) < 4.78 is 81.1. The van der Waals surface area contributed by atoms with Gasteiger partial charge < -0.3 is 5.11 Å². The molecule has 2 aromatic rings. The lowest BCUT2D eigenvalue weighted by atomic mass is 9.81. The second-order valence-electron chi connectivity index (χ2n) is 7.49. The molecule has 1 N–H and O–H groups in total. The Morgan fingerprint density at radius 2 is 1.87 bits per heavy atom. The van der Waals surface area contributed by atoms with E-state index in [1.807, 2.05) is 0 Å². The number of aromatic nitrogens is 1. The van der Waals surface area contributed by atoms with Gasteiger partial charge in [0.15, 0.2) is 17.1 Å². The Balaban J connectivity index is 2.07. The number of pyridine rings is 1. The Bertz CT molecular complexity index is 1120. The van der Waals surface area contributed by atoms with E-state index in [9.17, 15) is 31.1 Å². The number of aliphatic hydroxyl groups is 1.